The molecule has 0 saturated heterocycles. The van der Waals surface area contributed by atoms with E-state index in [1.807, 2.05) is 37.3 Å². The molecule has 6 nitrogen and oxygen atoms in total. The summed E-state index contributed by atoms with van der Waals surface area (Å²) in [4.78, 5) is 13.5. The lowest BCUT2D eigenvalue weighted by atomic mass is 9.96. The molecule has 3 rings (SSSR count). The molecule has 0 unspecified atom stereocenters. The number of benzene rings is 3. The molecule has 0 aliphatic rings. The molecule has 168 valence electrons. The van der Waals surface area contributed by atoms with Gasteiger partial charge in [-0.25, -0.2) is 0 Å². The van der Waals surface area contributed by atoms with Crippen LogP contribution in [0.3, 0.4) is 0 Å². The standard InChI is InChI=1S/C26H28O6/c1-17-23(28-2)13-19(14-24(17)29-3)25(27)21-12-11-20(15-22(21)26(30-4)31-5)32-16-18-9-7-6-8-10-18/h6-15,26H,16H2,1-5H3. The molecule has 3 aromatic carbocycles. The van der Waals surface area contributed by atoms with E-state index in [2.05, 4.69) is 0 Å². The maximum absolute atomic E-state index is 13.5. The van der Waals surface area contributed by atoms with E-state index in [1.54, 1.807) is 44.6 Å². The Morgan fingerprint density at radius 3 is 2.03 bits per heavy atom. The fourth-order valence-corrected chi connectivity index (χ4v) is 3.50. The largest absolute Gasteiger partial charge is 0.496 e. The Morgan fingerprint density at radius 2 is 1.47 bits per heavy atom. The summed E-state index contributed by atoms with van der Waals surface area (Å²) >= 11 is 0. The summed E-state index contributed by atoms with van der Waals surface area (Å²) < 4.78 is 27.7. The van der Waals surface area contributed by atoms with Crippen molar-refractivity contribution in [3.63, 3.8) is 0 Å². The molecule has 0 heterocycles. The highest BCUT2D eigenvalue weighted by Gasteiger charge is 2.23. The van der Waals surface area contributed by atoms with Crippen molar-refractivity contribution in [2.45, 2.75) is 19.8 Å². The Hall–Kier alpha value is -3.35. The van der Waals surface area contributed by atoms with Crippen LogP contribution in [0.5, 0.6) is 17.2 Å². The Morgan fingerprint density at radius 1 is 0.844 bits per heavy atom. The van der Waals surface area contributed by atoms with Crippen molar-refractivity contribution >= 4 is 5.78 Å². The topological polar surface area (TPSA) is 63.2 Å². The van der Waals surface area contributed by atoms with Crippen molar-refractivity contribution in [1.29, 1.82) is 0 Å². The van der Waals surface area contributed by atoms with Crippen LogP contribution >= 0.6 is 0 Å². The van der Waals surface area contributed by atoms with Gasteiger partial charge in [0.1, 0.15) is 23.9 Å². The summed E-state index contributed by atoms with van der Waals surface area (Å²) in [6, 6.07) is 18.5. The third kappa shape index (κ3) is 5.10. The monoisotopic (exact) mass is 436 g/mol. The van der Waals surface area contributed by atoms with Crippen LogP contribution in [-0.4, -0.2) is 34.2 Å². The molecular formula is C26H28O6. The lowest BCUT2D eigenvalue weighted by Crippen LogP contribution is -2.13. The summed E-state index contributed by atoms with van der Waals surface area (Å²) in [6.45, 7) is 2.28. The van der Waals surface area contributed by atoms with Gasteiger partial charge in [-0.15, -0.1) is 0 Å². The first-order valence-corrected chi connectivity index (χ1v) is 10.2. The van der Waals surface area contributed by atoms with Gasteiger partial charge in [0.2, 0.25) is 0 Å². The quantitative estimate of drug-likeness (QED) is 0.325. The molecule has 0 aliphatic carbocycles. The Labute approximate surface area is 188 Å². The molecule has 0 N–H and O–H groups in total. The average Bonchev–Trinajstić information content (AvgIpc) is 2.84. The first-order valence-electron chi connectivity index (χ1n) is 10.2. The third-order valence-corrected chi connectivity index (χ3v) is 5.21. The van der Waals surface area contributed by atoms with Gasteiger partial charge < -0.3 is 23.7 Å². The minimum atomic E-state index is -0.733. The fourth-order valence-electron chi connectivity index (χ4n) is 3.50. The Bertz CT molecular complexity index is 1030. The second-order valence-corrected chi connectivity index (χ2v) is 7.16. The van der Waals surface area contributed by atoms with E-state index >= 15 is 0 Å². The van der Waals surface area contributed by atoms with Crippen molar-refractivity contribution in [1.82, 2.24) is 0 Å². The molecule has 32 heavy (non-hydrogen) atoms. The van der Waals surface area contributed by atoms with Gasteiger partial charge in [0.25, 0.3) is 0 Å². The molecule has 0 aliphatic heterocycles. The van der Waals surface area contributed by atoms with Gasteiger partial charge in [-0.3, -0.25) is 4.79 Å². The number of ether oxygens (including phenoxy) is 5. The summed E-state index contributed by atoms with van der Waals surface area (Å²) in [6.07, 6.45) is -0.733. The SMILES string of the molecule is COc1cc(C(=O)c2ccc(OCc3ccccc3)cc2C(OC)OC)cc(OC)c1C. The van der Waals surface area contributed by atoms with Crippen LogP contribution in [0.25, 0.3) is 0 Å². The molecule has 0 spiro atoms. The predicted octanol–water partition coefficient (Wildman–Crippen LogP) is 5.11. The molecule has 0 bridgehead atoms. The van der Waals surface area contributed by atoms with E-state index in [1.165, 1.54) is 14.2 Å². The van der Waals surface area contributed by atoms with Crippen molar-refractivity contribution in [2.24, 2.45) is 0 Å². The highest BCUT2D eigenvalue weighted by atomic mass is 16.7. The minimum absolute atomic E-state index is 0.203. The molecule has 0 amide bonds. The Kier molecular flexibility index (Phi) is 7.87. The average molecular weight is 437 g/mol. The molecule has 0 radical (unpaired) electrons. The number of hydrogen-bond donors (Lipinski definition) is 0. The predicted molar refractivity (Wildman–Crippen MR) is 122 cm³/mol. The van der Waals surface area contributed by atoms with Crippen molar-refractivity contribution in [3.05, 3.63) is 88.5 Å². The first-order chi connectivity index (χ1) is 15.5. The van der Waals surface area contributed by atoms with E-state index in [4.69, 9.17) is 23.7 Å². The minimum Gasteiger partial charge on any atom is -0.496 e. The summed E-state index contributed by atoms with van der Waals surface area (Å²) in [7, 11) is 6.17. The Balaban J connectivity index is 1.98. The number of hydrogen-bond acceptors (Lipinski definition) is 6. The number of carbonyl (C=O) groups is 1. The van der Waals surface area contributed by atoms with Crippen molar-refractivity contribution in [3.8, 4) is 17.2 Å². The number of methoxy groups -OCH3 is 4. The van der Waals surface area contributed by atoms with Gasteiger partial charge >= 0.3 is 0 Å². The van der Waals surface area contributed by atoms with Crippen molar-refractivity contribution in [2.75, 3.05) is 28.4 Å². The molecule has 6 heteroatoms. The van der Waals surface area contributed by atoms with Crippen LogP contribution in [0.15, 0.2) is 60.7 Å². The molecule has 0 atom stereocenters. The highest BCUT2D eigenvalue weighted by Crippen LogP contribution is 2.33. The zero-order chi connectivity index (χ0) is 23.1. The van der Waals surface area contributed by atoms with E-state index in [0.717, 1.165) is 11.1 Å². The lowest BCUT2D eigenvalue weighted by molar-refractivity contribution is -0.106. The van der Waals surface area contributed by atoms with Crippen LogP contribution in [0.2, 0.25) is 0 Å². The molecule has 0 aromatic heterocycles. The van der Waals surface area contributed by atoms with Gasteiger partial charge in [-0.2, -0.15) is 0 Å². The fraction of sp³-hybridized carbons (Fsp3) is 0.269. The zero-order valence-corrected chi connectivity index (χ0v) is 19.0. The van der Waals surface area contributed by atoms with Gasteiger partial charge in [0, 0.05) is 36.5 Å². The smallest absolute Gasteiger partial charge is 0.193 e. The lowest BCUT2D eigenvalue weighted by Gasteiger charge is -2.19. The van der Waals surface area contributed by atoms with Crippen LogP contribution < -0.4 is 14.2 Å². The molecule has 0 saturated carbocycles. The van der Waals surface area contributed by atoms with Crippen LogP contribution in [0.1, 0.15) is 38.9 Å². The third-order valence-electron chi connectivity index (χ3n) is 5.21. The van der Waals surface area contributed by atoms with Crippen LogP contribution in [-0.2, 0) is 16.1 Å². The van der Waals surface area contributed by atoms with Crippen LogP contribution in [0, 0.1) is 6.92 Å². The van der Waals surface area contributed by atoms with E-state index < -0.39 is 6.29 Å². The van der Waals surface area contributed by atoms with Crippen LogP contribution in [0.4, 0.5) is 0 Å². The molecular weight excluding hydrogens is 408 g/mol. The maximum atomic E-state index is 13.5. The summed E-state index contributed by atoms with van der Waals surface area (Å²) in [5, 5.41) is 0. The normalized spacial score (nSPS) is 10.8. The molecule has 0 fully saturated rings. The van der Waals surface area contributed by atoms with Gasteiger partial charge in [-0.05, 0) is 42.8 Å². The van der Waals surface area contributed by atoms with Gasteiger partial charge in [-0.1, -0.05) is 30.3 Å². The molecule has 3 aromatic rings. The highest BCUT2D eigenvalue weighted by molar-refractivity contribution is 6.10. The van der Waals surface area contributed by atoms with E-state index in [9.17, 15) is 4.79 Å². The summed E-state index contributed by atoms with van der Waals surface area (Å²) in [5.41, 5.74) is 3.32. The van der Waals surface area contributed by atoms with Crippen molar-refractivity contribution < 1.29 is 28.5 Å². The second-order valence-electron chi connectivity index (χ2n) is 7.16. The number of rotatable bonds is 10. The second kappa shape index (κ2) is 10.8. The number of carbonyl (C=O) groups excluding carboxylic acids is 1. The summed E-state index contributed by atoms with van der Waals surface area (Å²) in [5.74, 6) is 1.56. The number of ketones is 1. The zero-order valence-electron chi connectivity index (χ0n) is 19.0. The van der Waals surface area contributed by atoms with E-state index in [0.29, 0.717) is 40.5 Å². The maximum Gasteiger partial charge on any atom is 0.193 e. The van der Waals surface area contributed by atoms with Gasteiger partial charge in [0.15, 0.2) is 12.1 Å². The first kappa shape index (κ1) is 23.3. The van der Waals surface area contributed by atoms with E-state index in [-0.39, 0.29) is 5.78 Å². The van der Waals surface area contributed by atoms with Gasteiger partial charge in [0.05, 0.1) is 14.2 Å².